The van der Waals surface area contributed by atoms with E-state index >= 15 is 0 Å². The van der Waals surface area contributed by atoms with Crippen LogP contribution in [0.4, 0.5) is 0 Å². The Kier molecular flexibility index (Phi) is 3.03. The fourth-order valence-electron chi connectivity index (χ4n) is 1.30. The van der Waals surface area contributed by atoms with E-state index in [1.807, 2.05) is 6.92 Å². The molecule has 0 amide bonds. The summed E-state index contributed by atoms with van der Waals surface area (Å²) < 4.78 is 10.7. The third-order valence-electron chi connectivity index (χ3n) is 2.02. The van der Waals surface area contributed by atoms with Gasteiger partial charge in [0.25, 0.3) is 5.89 Å². The third kappa shape index (κ3) is 2.03. The van der Waals surface area contributed by atoms with Gasteiger partial charge in [0, 0.05) is 0 Å². The van der Waals surface area contributed by atoms with Crippen molar-refractivity contribution in [3.63, 3.8) is 0 Å². The minimum atomic E-state index is 0.310. The highest BCUT2D eigenvalue weighted by molar-refractivity contribution is 6.28. The van der Waals surface area contributed by atoms with Gasteiger partial charge in [-0.2, -0.15) is 0 Å². The molecule has 0 aliphatic carbocycles. The molecule has 0 saturated heterocycles. The Bertz CT molecular complexity index is 440. The topological polar surface area (TPSA) is 39.2 Å². The van der Waals surface area contributed by atoms with E-state index < -0.39 is 0 Å². The molecule has 0 aromatic carbocycles. The number of aromatic nitrogens is 1. The van der Waals surface area contributed by atoms with Gasteiger partial charge in [-0.3, -0.25) is 0 Å². The van der Waals surface area contributed by atoms with Crippen molar-refractivity contribution in [3.05, 3.63) is 28.8 Å². The maximum absolute atomic E-state index is 5.73. The summed E-state index contributed by atoms with van der Waals surface area (Å²) in [7, 11) is 0. The van der Waals surface area contributed by atoms with Crippen molar-refractivity contribution in [1.29, 1.82) is 0 Å². The van der Waals surface area contributed by atoms with Crippen LogP contribution in [-0.2, 0) is 12.3 Å². The summed E-state index contributed by atoms with van der Waals surface area (Å²) in [6.45, 7) is 1.99. The summed E-state index contributed by atoms with van der Waals surface area (Å²) in [5, 5.41) is 0.314. The molecule has 0 unspecified atom stereocenters. The third-order valence-corrected chi connectivity index (χ3v) is 2.46. The molecule has 0 aliphatic rings. The molecule has 0 N–H and O–H groups in total. The van der Waals surface area contributed by atoms with Gasteiger partial charge in [0.05, 0.1) is 11.6 Å². The molecular weight excluding hydrogens is 237 g/mol. The highest BCUT2D eigenvalue weighted by Gasteiger charge is 2.14. The van der Waals surface area contributed by atoms with E-state index in [2.05, 4.69) is 4.98 Å². The number of halogens is 2. The van der Waals surface area contributed by atoms with E-state index in [0.29, 0.717) is 28.5 Å². The molecule has 0 aliphatic heterocycles. The van der Waals surface area contributed by atoms with Crippen LogP contribution in [0.25, 0.3) is 11.7 Å². The zero-order valence-electron chi connectivity index (χ0n) is 8.09. The van der Waals surface area contributed by atoms with Gasteiger partial charge in [0.1, 0.15) is 5.76 Å². The largest absolute Gasteiger partial charge is 0.440 e. The van der Waals surface area contributed by atoms with Crippen LogP contribution in [0.15, 0.2) is 21.0 Å². The van der Waals surface area contributed by atoms with E-state index in [4.69, 9.17) is 32.0 Å². The molecule has 0 spiro atoms. The molecule has 0 fully saturated rings. The lowest BCUT2D eigenvalue weighted by Crippen LogP contribution is -1.84. The Labute approximate surface area is 97.0 Å². The molecule has 15 heavy (non-hydrogen) atoms. The van der Waals surface area contributed by atoms with Gasteiger partial charge in [0.15, 0.2) is 11.0 Å². The van der Waals surface area contributed by atoms with Crippen molar-refractivity contribution in [3.8, 4) is 11.7 Å². The minimum absolute atomic E-state index is 0.310. The molecule has 0 saturated carbocycles. The van der Waals surface area contributed by atoms with Crippen LogP contribution in [0.1, 0.15) is 18.4 Å². The number of nitrogens with zero attached hydrogens (tertiary/aromatic N) is 1. The van der Waals surface area contributed by atoms with Crippen LogP contribution in [0, 0.1) is 0 Å². The molecule has 80 valence electrons. The number of alkyl halides is 1. The van der Waals surface area contributed by atoms with Gasteiger partial charge in [-0.1, -0.05) is 6.92 Å². The smallest absolute Gasteiger partial charge is 0.263 e. The van der Waals surface area contributed by atoms with E-state index in [-0.39, 0.29) is 0 Å². The van der Waals surface area contributed by atoms with E-state index in [1.165, 1.54) is 0 Å². The quantitative estimate of drug-likeness (QED) is 0.771. The number of aryl methyl sites for hydroxylation is 1. The fraction of sp³-hybridized carbons (Fsp3) is 0.300. The zero-order valence-corrected chi connectivity index (χ0v) is 9.60. The number of hydrogen-bond acceptors (Lipinski definition) is 3. The van der Waals surface area contributed by atoms with Crippen molar-refractivity contribution < 1.29 is 8.83 Å². The molecule has 2 aromatic rings. The maximum Gasteiger partial charge on any atom is 0.263 e. The Balaban J connectivity index is 2.41. The molecule has 5 heteroatoms. The molecule has 0 radical (unpaired) electrons. The van der Waals surface area contributed by atoms with Gasteiger partial charge in [-0.05, 0) is 30.2 Å². The number of hydrogen-bond donors (Lipinski definition) is 0. The van der Waals surface area contributed by atoms with Gasteiger partial charge >= 0.3 is 0 Å². The number of rotatable bonds is 3. The van der Waals surface area contributed by atoms with Crippen LogP contribution < -0.4 is 0 Å². The average molecular weight is 246 g/mol. The van der Waals surface area contributed by atoms with Crippen molar-refractivity contribution in [2.75, 3.05) is 0 Å². The van der Waals surface area contributed by atoms with E-state index in [0.717, 1.165) is 12.1 Å². The summed E-state index contributed by atoms with van der Waals surface area (Å²) in [4.78, 5) is 4.28. The SMILES string of the molecule is CCc1nc(-c2ccc(Cl)o2)oc1CCl. The normalized spacial score (nSPS) is 10.9. The second-order valence-corrected chi connectivity index (χ2v) is 3.62. The van der Waals surface area contributed by atoms with Gasteiger partial charge in [-0.15, -0.1) is 11.6 Å². The van der Waals surface area contributed by atoms with Gasteiger partial charge < -0.3 is 8.83 Å². The highest BCUT2D eigenvalue weighted by Crippen LogP contribution is 2.26. The molecule has 2 aromatic heterocycles. The summed E-state index contributed by atoms with van der Waals surface area (Å²) in [6.07, 6.45) is 0.778. The Morgan fingerprint density at radius 3 is 2.60 bits per heavy atom. The first-order valence-electron chi connectivity index (χ1n) is 4.54. The predicted molar refractivity (Wildman–Crippen MR) is 58.2 cm³/mol. The summed E-state index contributed by atoms with van der Waals surface area (Å²) >= 11 is 11.4. The van der Waals surface area contributed by atoms with Crippen LogP contribution in [0.2, 0.25) is 5.22 Å². The Hall–Kier alpha value is -0.930. The lowest BCUT2D eigenvalue weighted by atomic mass is 10.3. The van der Waals surface area contributed by atoms with E-state index in [1.54, 1.807) is 12.1 Å². The van der Waals surface area contributed by atoms with Crippen molar-refractivity contribution in [1.82, 2.24) is 4.98 Å². The minimum Gasteiger partial charge on any atom is -0.440 e. The number of furan rings is 1. The second-order valence-electron chi connectivity index (χ2n) is 2.98. The van der Waals surface area contributed by atoms with E-state index in [9.17, 15) is 0 Å². The fourth-order valence-corrected chi connectivity index (χ4v) is 1.65. The predicted octanol–water partition coefficient (Wildman–Crippen LogP) is 3.89. The average Bonchev–Trinajstić information content (AvgIpc) is 2.82. The first-order chi connectivity index (χ1) is 7.24. The van der Waals surface area contributed by atoms with Crippen LogP contribution in [0.3, 0.4) is 0 Å². The van der Waals surface area contributed by atoms with Crippen molar-refractivity contribution in [2.45, 2.75) is 19.2 Å². The summed E-state index contributed by atoms with van der Waals surface area (Å²) in [6, 6.07) is 3.36. The monoisotopic (exact) mass is 245 g/mol. The zero-order chi connectivity index (χ0) is 10.8. The standard InChI is InChI=1S/C10H9Cl2NO2/c1-2-6-8(5-11)15-10(13-6)7-3-4-9(12)14-7/h3-4H,2,5H2,1H3. The second kappa shape index (κ2) is 4.29. The van der Waals surface area contributed by atoms with Crippen molar-refractivity contribution in [2.24, 2.45) is 0 Å². The van der Waals surface area contributed by atoms with Crippen LogP contribution >= 0.6 is 23.2 Å². The Morgan fingerprint density at radius 1 is 1.33 bits per heavy atom. The molecule has 0 atom stereocenters. The summed E-state index contributed by atoms with van der Waals surface area (Å²) in [5.74, 6) is 1.94. The molecule has 2 heterocycles. The molecule has 0 bridgehead atoms. The Morgan fingerprint density at radius 2 is 2.13 bits per heavy atom. The molecule has 2 rings (SSSR count). The molecule has 3 nitrogen and oxygen atoms in total. The van der Waals surface area contributed by atoms with Crippen molar-refractivity contribution >= 4 is 23.2 Å². The van der Waals surface area contributed by atoms with Crippen LogP contribution in [-0.4, -0.2) is 4.98 Å². The molecular formula is C10H9Cl2NO2. The highest BCUT2D eigenvalue weighted by atomic mass is 35.5. The first kappa shape index (κ1) is 10.6. The number of oxazole rings is 1. The maximum atomic E-state index is 5.73. The lowest BCUT2D eigenvalue weighted by Gasteiger charge is -1.88. The van der Waals surface area contributed by atoms with Gasteiger partial charge in [-0.25, -0.2) is 4.98 Å². The van der Waals surface area contributed by atoms with Crippen LogP contribution in [0.5, 0.6) is 0 Å². The first-order valence-corrected chi connectivity index (χ1v) is 5.46. The lowest BCUT2D eigenvalue weighted by molar-refractivity contribution is 0.497. The van der Waals surface area contributed by atoms with Gasteiger partial charge in [0.2, 0.25) is 0 Å². The summed E-state index contributed by atoms with van der Waals surface area (Å²) in [5.41, 5.74) is 0.854.